The van der Waals surface area contributed by atoms with Gasteiger partial charge in [0.05, 0.1) is 24.5 Å². The molecule has 0 aromatic carbocycles. The normalized spacial score (nSPS) is 26.0. The van der Waals surface area contributed by atoms with E-state index in [1.807, 2.05) is 31.0 Å². The lowest BCUT2D eigenvalue weighted by Gasteiger charge is -2.36. The summed E-state index contributed by atoms with van der Waals surface area (Å²) in [6.07, 6.45) is 8.30. The second kappa shape index (κ2) is 6.32. The topological polar surface area (TPSA) is 56.0 Å². The van der Waals surface area contributed by atoms with Gasteiger partial charge in [0.1, 0.15) is 0 Å². The summed E-state index contributed by atoms with van der Waals surface area (Å²) in [5.41, 5.74) is 3.42. The van der Waals surface area contributed by atoms with Crippen LogP contribution in [-0.2, 0) is 18.4 Å². The second-order valence-corrected chi connectivity index (χ2v) is 7.69. The summed E-state index contributed by atoms with van der Waals surface area (Å²) in [5.74, 6) is 0.836. The van der Waals surface area contributed by atoms with E-state index in [0.717, 1.165) is 38.0 Å². The highest BCUT2D eigenvalue weighted by molar-refractivity contribution is 5.83. The van der Waals surface area contributed by atoms with Crippen LogP contribution in [0, 0.1) is 19.8 Å². The molecular weight excluding hydrogens is 314 g/mol. The van der Waals surface area contributed by atoms with E-state index in [1.165, 1.54) is 17.7 Å². The van der Waals surface area contributed by atoms with Gasteiger partial charge in [0.25, 0.3) is 0 Å². The molecule has 0 bridgehead atoms. The molecule has 134 valence electrons. The third-order valence-corrected chi connectivity index (χ3v) is 5.66. The van der Waals surface area contributed by atoms with Gasteiger partial charge in [-0.05, 0) is 57.1 Å². The number of aromatic nitrogens is 4. The molecule has 2 fully saturated rings. The molecule has 2 aromatic rings. The third kappa shape index (κ3) is 3.22. The van der Waals surface area contributed by atoms with Gasteiger partial charge >= 0.3 is 0 Å². The molecule has 3 heterocycles. The molecule has 6 heteroatoms. The van der Waals surface area contributed by atoms with Crippen LogP contribution in [0.5, 0.6) is 0 Å². The van der Waals surface area contributed by atoms with Crippen molar-refractivity contribution < 1.29 is 4.79 Å². The minimum atomic E-state index is 0.144. The van der Waals surface area contributed by atoms with E-state index in [1.54, 1.807) is 0 Å². The Kier molecular flexibility index (Phi) is 4.13. The highest BCUT2D eigenvalue weighted by Gasteiger charge is 2.47. The van der Waals surface area contributed by atoms with Crippen molar-refractivity contribution in [2.75, 3.05) is 6.54 Å². The van der Waals surface area contributed by atoms with Crippen molar-refractivity contribution in [1.82, 2.24) is 24.5 Å². The molecule has 1 aliphatic heterocycles. The van der Waals surface area contributed by atoms with Crippen LogP contribution in [0.2, 0.25) is 0 Å². The molecule has 2 aliphatic rings. The van der Waals surface area contributed by atoms with Gasteiger partial charge in [0.2, 0.25) is 5.91 Å². The minimum Gasteiger partial charge on any atom is -0.338 e. The monoisotopic (exact) mass is 341 g/mol. The molecule has 3 unspecified atom stereocenters. The molecule has 1 saturated carbocycles. The first kappa shape index (κ1) is 16.4. The van der Waals surface area contributed by atoms with Gasteiger partial charge in [0.15, 0.2) is 0 Å². The molecule has 1 aliphatic carbocycles. The quantitative estimate of drug-likeness (QED) is 0.858. The summed E-state index contributed by atoms with van der Waals surface area (Å²) in [7, 11) is 1.93. The molecule has 4 rings (SSSR count). The number of rotatable bonds is 4. The standard InChI is InChI=1S/C19H27N5O/c1-13-8-14(2)24(21-13)12-16-6-4-5-7-23(16)19(25)18-9-17(18)15-10-20-22(3)11-15/h8,10-11,16-18H,4-7,9,12H2,1-3H3. The number of hydrogen-bond acceptors (Lipinski definition) is 3. The molecule has 1 saturated heterocycles. The van der Waals surface area contributed by atoms with Gasteiger partial charge in [0, 0.05) is 31.4 Å². The van der Waals surface area contributed by atoms with E-state index in [9.17, 15) is 4.79 Å². The fraction of sp³-hybridized carbons (Fsp3) is 0.632. The second-order valence-electron chi connectivity index (χ2n) is 7.69. The zero-order chi connectivity index (χ0) is 17.6. The van der Waals surface area contributed by atoms with E-state index in [4.69, 9.17) is 0 Å². The number of hydrogen-bond donors (Lipinski definition) is 0. The average molecular weight is 341 g/mol. The molecule has 1 amide bonds. The van der Waals surface area contributed by atoms with E-state index >= 15 is 0 Å². The van der Waals surface area contributed by atoms with Crippen LogP contribution in [0.1, 0.15) is 48.6 Å². The van der Waals surface area contributed by atoms with E-state index < -0.39 is 0 Å². The van der Waals surface area contributed by atoms with Crippen molar-refractivity contribution in [3.8, 4) is 0 Å². The van der Waals surface area contributed by atoms with Crippen molar-refractivity contribution >= 4 is 5.91 Å². The number of likely N-dealkylation sites (tertiary alicyclic amines) is 1. The Hall–Kier alpha value is -2.11. The zero-order valence-corrected chi connectivity index (χ0v) is 15.4. The van der Waals surface area contributed by atoms with Gasteiger partial charge in [-0.3, -0.25) is 14.2 Å². The Labute approximate surface area is 148 Å². The lowest BCUT2D eigenvalue weighted by Crippen LogP contribution is -2.47. The molecule has 3 atom stereocenters. The summed E-state index contributed by atoms with van der Waals surface area (Å²) in [4.78, 5) is 15.3. The van der Waals surface area contributed by atoms with Crippen LogP contribution in [0.25, 0.3) is 0 Å². The van der Waals surface area contributed by atoms with Crippen molar-refractivity contribution in [1.29, 1.82) is 0 Å². The SMILES string of the molecule is Cc1cc(C)n(CC2CCCCN2C(=O)C2CC2c2cnn(C)c2)n1. The van der Waals surface area contributed by atoms with Crippen LogP contribution in [-0.4, -0.2) is 43.0 Å². The molecule has 0 N–H and O–H groups in total. The molecular formula is C19H27N5O. The highest BCUT2D eigenvalue weighted by atomic mass is 16.2. The molecule has 6 nitrogen and oxygen atoms in total. The lowest BCUT2D eigenvalue weighted by atomic mass is 10.0. The lowest BCUT2D eigenvalue weighted by molar-refractivity contribution is -0.136. The van der Waals surface area contributed by atoms with Crippen LogP contribution >= 0.6 is 0 Å². The molecule has 0 spiro atoms. The largest absolute Gasteiger partial charge is 0.338 e. The maximum absolute atomic E-state index is 13.1. The van der Waals surface area contributed by atoms with Gasteiger partial charge in [-0.15, -0.1) is 0 Å². The Bertz CT molecular complexity index is 777. The average Bonchev–Trinajstić information content (AvgIpc) is 3.17. The maximum Gasteiger partial charge on any atom is 0.226 e. The Balaban J connectivity index is 1.46. The smallest absolute Gasteiger partial charge is 0.226 e. The fourth-order valence-electron chi connectivity index (χ4n) is 4.22. The predicted molar refractivity (Wildman–Crippen MR) is 95.1 cm³/mol. The number of aryl methyl sites for hydroxylation is 3. The summed E-state index contributed by atoms with van der Waals surface area (Å²) in [6, 6.07) is 2.38. The third-order valence-electron chi connectivity index (χ3n) is 5.66. The molecule has 0 radical (unpaired) electrons. The van der Waals surface area contributed by atoms with Crippen LogP contribution in [0.4, 0.5) is 0 Å². The number of piperidine rings is 1. The van der Waals surface area contributed by atoms with Crippen LogP contribution in [0.15, 0.2) is 18.5 Å². The van der Waals surface area contributed by atoms with Crippen LogP contribution in [0.3, 0.4) is 0 Å². The van der Waals surface area contributed by atoms with Gasteiger partial charge in [-0.25, -0.2) is 0 Å². The number of carbonyl (C=O) groups excluding carboxylic acids is 1. The highest BCUT2D eigenvalue weighted by Crippen LogP contribution is 2.48. The van der Waals surface area contributed by atoms with E-state index in [2.05, 4.69) is 32.8 Å². The van der Waals surface area contributed by atoms with E-state index in [0.29, 0.717) is 11.8 Å². The predicted octanol–water partition coefficient (Wildman–Crippen LogP) is 2.42. The first-order valence-corrected chi connectivity index (χ1v) is 9.33. The minimum absolute atomic E-state index is 0.144. The number of nitrogens with zero attached hydrogens (tertiary/aromatic N) is 5. The summed E-state index contributed by atoms with van der Waals surface area (Å²) in [5, 5.41) is 8.84. The Morgan fingerprint density at radius 2 is 2.16 bits per heavy atom. The summed E-state index contributed by atoms with van der Waals surface area (Å²) in [6.45, 7) is 5.82. The number of carbonyl (C=O) groups is 1. The van der Waals surface area contributed by atoms with Gasteiger partial charge < -0.3 is 4.90 Å². The van der Waals surface area contributed by atoms with Crippen molar-refractivity contribution in [3.63, 3.8) is 0 Å². The number of amides is 1. The fourth-order valence-corrected chi connectivity index (χ4v) is 4.22. The van der Waals surface area contributed by atoms with Crippen LogP contribution < -0.4 is 0 Å². The van der Waals surface area contributed by atoms with Gasteiger partial charge in [-0.1, -0.05) is 0 Å². The van der Waals surface area contributed by atoms with Gasteiger partial charge in [-0.2, -0.15) is 10.2 Å². The molecule has 25 heavy (non-hydrogen) atoms. The molecule has 2 aromatic heterocycles. The first-order chi connectivity index (χ1) is 12.0. The van der Waals surface area contributed by atoms with Crippen molar-refractivity contribution in [2.45, 2.75) is 58.0 Å². The van der Waals surface area contributed by atoms with Crippen molar-refractivity contribution in [3.05, 3.63) is 35.4 Å². The van der Waals surface area contributed by atoms with Crippen molar-refractivity contribution in [2.24, 2.45) is 13.0 Å². The first-order valence-electron chi connectivity index (χ1n) is 9.33. The zero-order valence-electron chi connectivity index (χ0n) is 15.4. The maximum atomic E-state index is 13.1. The Morgan fingerprint density at radius 1 is 1.32 bits per heavy atom. The van der Waals surface area contributed by atoms with E-state index in [-0.39, 0.29) is 12.0 Å². The Morgan fingerprint density at radius 3 is 2.84 bits per heavy atom. The summed E-state index contributed by atoms with van der Waals surface area (Å²) >= 11 is 0. The summed E-state index contributed by atoms with van der Waals surface area (Å²) < 4.78 is 3.89.